The second-order valence-corrected chi connectivity index (χ2v) is 5.48. The van der Waals surface area contributed by atoms with Crippen molar-refractivity contribution in [3.8, 4) is 11.5 Å². The zero-order chi connectivity index (χ0) is 14.7. The van der Waals surface area contributed by atoms with Crippen LogP contribution in [0.15, 0.2) is 46.0 Å². The lowest BCUT2D eigenvalue weighted by atomic mass is 10.2. The summed E-state index contributed by atoms with van der Waals surface area (Å²) in [7, 11) is 0. The van der Waals surface area contributed by atoms with Gasteiger partial charge in [-0.25, -0.2) is 0 Å². The third-order valence-corrected chi connectivity index (χ3v) is 3.76. The zero-order valence-corrected chi connectivity index (χ0v) is 13.1. The zero-order valence-electron chi connectivity index (χ0n) is 9.98. The molecule has 7 heteroatoms. The van der Waals surface area contributed by atoms with E-state index in [2.05, 4.69) is 21.1 Å². The molecule has 0 aliphatic heterocycles. The number of hydrogen-bond acceptors (Lipinski definition) is 3. The van der Waals surface area contributed by atoms with E-state index in [0.717, 1.165) is 4.47 Å². The SMILES string of the molecule is N/C(=N/O)c1cc(Br)ccc1Oc1cccc(Cl)c1Cl. The molecule has 2 rings (SSSR count). The molecule has 2 aromatic rings. The maximum atomic E-state index is 8.81. The number of nitrogens with two attached hydrogens (primary N) is 1. The molecule has 4 nitrogen and oxygen atoms in total. The number of oxime groups is 1. The van der Waals surface area contributed by atoms with Crippen molar-refractivity contribution in [3.63, 3.8) is 0 Å². The Hall–Kier alpha value is -1.43. The number of benzene rings is 2. The van der Waals surface area contributed by atoms with Gasteiger partial charge in [-0.05, 0) is 30.3 Å². The molecule has 0 fully saturated rings. The second-order valence-electron chi connectivity index (χ2n) is 3.78. The van der Waals surface area contributed by atoms with Gasteiger partial charge in [0.15, 0.2) is 5.84 Å². The van der Waals surface area contributed by atoms with Gasteiger partial charge >= 0.3 is 0 Å². The summed E-state index contributed by atoms with van der Waals surface area (Å²) in [5.41, 5.74) is 6.05. The highest BCUT2D eigenvalue weighted by atomic mass is 79.9. The summed E-state index contributed by atoms with van der Waals surface area (Å²) in [5, 5.41) is 12.5. The molecule has 3 N–H and O–H groups in total. The van der Waals surface area contributed by atoms with Crippen LogP contribution in [0.25, 0.3) is 0 Å². The van der Waals surface area contributed by atoms with Crippen LogP contribution in [0.5, 0.6) is 11.5 Å². The molecule has 0 saturated carbocycles. The number of amidine groups is 1. The molecule has 0 aromatic heterocycles. The van der Waals surface area contributed by atoms with Crippen molar-refractivity contribution in [3.05, 3.63) is 56.5 Å². The van der Waals surface area contributed by atoms with E-state index in [1.165, 1.54) is 0 Å². The third kappa shape index (κ3) is 3.17. The number of hydrogen-bond donors (Lipinski definition) is 2. The van der Waals surface area contributed by atoms with Crippen LogP contribution in [0, 0.1) is 0 Å². The van der Waals surface area contributed by atoms with Gasteiger partial charge in [0.05, 0.1) is 10.6 Å². The number of ether oxygens (including phenoxy) is 1. The molecule has 0 spiro atoms. The molecule has 0 bridgehead atoms. The molecule has 0 unspecified atom stereocenters. The maximum absolute atomic E-state index is 8.81. The first kappa shape index (κ1) is 15.0. The van der Waals surface area contributed by atoms with E-state index in [1.807, 2.05) is 0 Å². The third-order valence-electron chi connectivity index (χ3n) is 2.46. The van der Waals surface area contributed by atoms with E-state index in [1.54, 1.807) is 36.4 Å². The Labute approximate surface area is 133 Å². The quantitative estimate of drug-likeness (QED) is 0.355. The molecule has 2 aromatic carbocycles. The fourth-order valence-electron chi connectivity index (χ4n) is 1.53. The van der Waals surface area contributed by atoms with Gasteiger partial charge in [-0.1, -0.05) is 50.4 Å². The van der Waals surface area contributed by atoms with Gasteiger partial charge in [0, 0.05) is 4.47 Å². The summed E-state index contributed by atoms with van der Waals surface area (Å²) >= 11 is 15.3. The van der Waals surface area contributed by atoms with Gasteiger partial charge < -0.3 is 15.7 Å². The first-order chi connectivity index (χ1) is 9.52. The van der Waals surface area contributed by atoms with Crippen molar-refractivity contribution in [1.29, 1.82) is 0 Å². The molecule has 0 amide bonds. The van der Waals surface area contributed by atoms with Gasteiger partial charge in [0.25, 0.3) is 0 Å². The van der Waals surface area contributed by atoms with Crippen LogP contribution in [-0.2, 0) is 0 Å². The van der Waals surface area contributed by atoms with Crippen LogP contribution in [0.3, 0.4) is 0 Å². The average molecular weight is 376 g/mol. The highest BCUT2D eigenvalue weighted by molar-refractivity contribution is 9.10. The van der Waals surface area contributed by atoms with Crippen LogP contribution in [0.4, 0.5) is 0 Å². The molecular formula is C13H9BrCl2N2O2. The standard InChI is InChI=1S/C13H9BrCl2N2O2/c14-7-4-5-10(8(6-7)13(17)18-19)20-11-3-1-2-9(15)12(11)16/h1-6,19H,(H2,17,18). The summed E-state index contributed by atoms with van der Waals surface area (Å²) in [5.74, 6) is 0.709. The number of rotatable bonds is 3. The fourth-order valence-corrected chi connectivity index (χ4v) is 2.22. The van der Waals surface area contributed by atoms with Crippen LogP contribution in [0.1, 0.15) is 5.56 Å². The fraction of sp³-hybridized carbons (Fsp3) is 0. The molecule has 0 atom stereocenters. The first-order valence-electron chi connectivity index (χ1n) is 5.42. The Balaban J connectivity index is 2.46. The van der Waals surface area contributed by atoms with Crippen molar-refractivity contribution in [2.45, 2.75) is 0 Å². The Kier molecular flexibility index (Phi) is 4.75. The van der Waals surface area contributed by atoms with Crippen molar-refractivity contribution < 1.29 is 9.94 Å². The normalized spacial score (nSPS) is 11.4. The molecule has 0 radical (unpaired) electrons. The maximum Gasteiger partial charge on any atom is 0.173 e. The lowest BCUT2D eigenvalue weighted by Crippen LogP contribution is -2.14. The Morgan fingerprint density at radius 2 is 1.95 bits per heavy atom. The largest absolute Gasteiger partial charge is 0.455 e. The number of halogens is 3. The van der Waals surface area contributed by atoms with Crippen LogP contribution >= 0.6 is 39.1 Å². The van der Waals surface area contributed by atoms with E-state index in [4.69, 9.17) is 38.9 Å². The van der Waals surface area contributed by atoms with Gasteiger partial charge in [0.2, 0.25) is 0 Å². The van der Waals surface area contributed by atoms with Crippen LogP contribution in [-0.4, -0.2) is 11.0 Å². The smallest absolute Gasteiger partial charge is 0.173 e. The van der Waals surface area contributed by atoms with Crippen molar-refractivity contribution in [2.24, 2.45) is 10.9 Å². The summed E-state index contributed by atoms with van der Waals surface area (Å²) < 4.78 is 6.46. The van der Waals surface area contributed by atoms with Crippen LogP contribution in [0.2, 0.25) is 10.0 Å². The Bertz CT molecular complexity index is 677. The van der Waals surface area contributed by atoms with E-state index in [-0.39, 0.29) is 5.84 Å². The molecule has 104 valence electrons. The van der Waals surface area contributed by atoms with Gasteiger partial charge in [-0.15, -0.1) is 0 Å². The number of nitrogens with zero attached hydrogens (tertiary/aromatic N) is 1. The predicted molar refractivity (Wildman–Crippen MR) is 83.2 cm³/mol. The van der Waals surface area contributed by atoms with E-state index in [9.17, 15) is 0 Å². The monoisotopic (exact) mass is 374 g/mol. The Morgan fingerprint density at radius 1 is 1.20 bits per heavy atom. The summed E-state index contributed by atoms with van der Waals surface area (Å²) in [6.07, 6.45) is 0. The van der Waals surface area contributed by atoms with Crippen molar-refractivity contribution in [1.82, 2.24) is 0 Å². The first-order valence-corrected chi connectivity index (χ1v) is 6.97. The van der Waals surface area contributed by atoms with Crippen LogP contribution < -0.4 is 10.5 Å². The molecular weight excluding hydrogens is 367 g/mol. The minimum atomic E-state index is -0.0700. The average Bonchev–Trinajstić information content (AvgIpc) is 2.44. The van der Waals surface area contributed by atoms with E-state index in [0.29, 0.717) is 27.1 Å². The van der Waals surface area contributed by atoms with E-state index < -0.39 is 0 Å². The van der Waals surface area contributed by atoms with Gasteiger partial charge in [-0.2, -0.15) is 0 Å². The molecule has 0 aliphatic rings. The lowest BCUT2D eigenvalue weighted by molar-refractivity contribution is 0.318. The van der Waals surface area contributed by atoms with Gasteiger partial charge in [0.1, 0.15) is 16.5 Å². The van der Waals surface area contributed by atoms with Gasteiger partial charge in [-0.3, -0.25) is 0 Å². The molecule has 20 heavy (non-hydrogen) atoms. The summed E-state index contributed by atoms with van der Waals surface area (Å²) in [4.78, 5) is 0. The van der Waals surface area contributed by atoms with E-state index >= 15 is 0 Å². The Morgan fingerprint density at radius 3 is 2.65 bits per heavy atom. The molecule has 0 heterocycles. The minimum absolute atomic E-state index is 0.0700. The lowest BCUT2D eigenvalue weighted by Gasteiger charge is -2.12. The highest BCUT2D eigenvalue weighted by Crippen LogP contribution is 2.36. The summed E-state index contributed by atoms with van der Waals surface area (Å²) in [6.45, 7) is 0. The van der Waals surface area contributed by atoms with Crippen molar-refractivity contribution >= 4 is 45.0 Å². The second kappa shape index (κ2) is 6.35. The predicted octanol–water partition coefficient (Wildman–Crippen LogP) is 4.64. The highest BCUT2D eigenvalue weighted by Gasteiger charge is 2.13. The van der Waals surface area contributed by atoms with Crippen molar-refractivity contribution in [2.75, 3.05) is 0 Å². The minimum Gasteiger partial charge on any atom is -0.455 e. The molecule has 0 saturated heterocycles. The molecule has 0 aliphatic carbocycles. The summed E-state index contributed by atoms with van der Waals surface area (Å²) in [6, 6.07) is 10.2. The topological polar surface area (TPSA) is 67.8 Å².